The second-order valence-electron chi connectivity index (χ2n) is 7.99. The molecule has 2 aromatic carbocycles. The molecule has 0 bridgehead atoms. The Morgan fingerprint density at radius 2 is 1.80 bits per heavy atom. The molecule has 1 saturated heterocycles. The van der Waals surface area contributed by atoms with Gasteiger partial charge in [0, 0.05) is 57.2 Å². The fraction of sp³-hybridized carbons (Fsp3) is 0.320. The van der Waals surface area contributed by atoms with Crippen molar-refractivity contribution in [2.24, 2.45) is 0 Å². The van der Waals surface area contributed by atoms with Gasteiger partial charge in [-0.2, -0.15) is 0 Å². The van der Waals surface area contributed by atoms with Crippen LogP contribution in [0.5, 0.6) is 0 Å². The van der Waals surface area contributed by atoms with Gasteiger partial charge in [0.2, 0.25) is 0 Å². The molecule has 0 radical (unpaired) electrons. The van der Waals surface area contributed by atoms with Gasteiger partial charge in [-0.05, 0) is 29.8 Å². The van der Waals surface area contributed by atoms with E-state index in [9.17, 15) is 9.18 Å². The number of anilines is 2. The number of ether oxygens (including phenoxy) is 1. The minimum atomic E-state index is -0.204. The number of aromatic nitrogens is 2. The van der Waals surface area contributed by atoms with Gasteiger partial charge < -0.3 is 19.9 Å². The van der Waals surface area contributed by atoms with E-state index in [0.29, 0.717) is 66.6 Å². The molecule has 2 heterocycles. The Hall–Kier alpha value is -2.88. The van der Waals surface area contributed by atoms with Crippen LogP contribution >= 0.6 is 23.4 Å². The Balaban J connectivity index is 1.33. The molecule has 0 spiro atoms. The van der Waals surface area contributed by atoms with Crippen molar-refractivity contribution in [3.8, 4) is 0 Å². The highest BCUT2D eigenvalue weighted by atomic mass is 35.5. The first-order valence-electron chi connectivity index (χ1n) is 11.3. The van der Waals surface area contributed by atoms with Crippen LogP contribution in [0.2, 0.25) is 5.15 Å². The minimum absolute atomic E-state index is 0.126. The van der Waals surface area contributed by atoms with Crippen LogP contribution < -0.4 is 15.1 Å². The summed E-state index contributed by atoms with van der Waals surface area (Å²) in [5.74, 6) is 1.08. The molecule has 0 aliphatic carbocycles. The van der Waals surface area contributed by atoms with Crippen LogP contribution in [0.15, 0.2) is 59.8 Å². The molecule has 3 aromatic rings. The van der Waals surface area contributed by atoms with E-state index in [-0.39, 0.29) is 11.7 Å². The Labute approximate surface area is 213 Å². The third kappa shape index (κ3) is 6.84. The van der Waals surface area contributed by atoms with Crippen LogP contribution in [0.1, 0.15) is 15.9 Å². The predicted molar refractivity (Wildman–Crippen MR) is 138 cm³/mol. The first kappa shape index (κ1) is 25.2. The maximum absolute atomic E-state index is 14.1. The van der Waals surface area contributed by atoms with Gasteiger partial charge in [0.1, 0.15) is 16.8 Å². The summed E-state index contributed by atoms with van der Waals surface area (Å²) in [6, 6.07) is 16.1. The molecule has 0 atom stereocenters. The molecule has 0 saturated carbocycles. The molecule has 35 heavy (non-hydrogen) atoms. The van der Waals surface area contributed by atoms with Gasteiger partial charge in [0.05, 0.1) is 12.3 Å². The fourth-order valence-electron chi connectivity index (χ4n) is 3.77. The average Bonchev–Trinajstić information content (AvgIpc) is 2.88. The molecule has 4 rings (SSSR count). The first-order valence-corrected chi connectivity index (χ1v) is 12.7. The number of piperazine rings is 1. The molecule has 1 fully saturated rings. The summed E-state index contributed by atoms with van der Waals surface area (Å²) in [6.45, 7) is 3.75. The van der Waals surface area contributed by atoms with Crippen molar-refractivity contribution in [3.63, 3.8) is 0 Å². The highest BCUT2D eigenvalue weighted by Gasteiger charge is 2.21. The number of hydrogen-bond acceptors (Lipinski definition) is 7. The summed E-state index contributed by atoms with van der Waals surface area (Å²) in [6.07, 6.45) is 0. The second kappa shape index (κ2) is 12.2. The van der Waals surface area contributed by atoms with E-state index in [2.05, 4.69) is 15.2 Å². The third-order valence-corrected chi connectivity index (χ3v) is 6.75. The van der Waals surface area contributed by atoms with Crippen LogP contribution in [0, 0.1) is 5.82 Å². The zero-order valence-corrected chi connectivity index (χ0v) is 21.0. The Morgan fingerprint density at radius 1 is 1.09 bits per heavy atom. The first-order chi connectivity index (χ1) is 17.0. The van der Waals surface area contributed by atoms with Crippen molar-refractivity contribution in [3.05, 3.63) is 76.7 Å². The van der Waals surface area contributed by atoms with Crippen LogP contribution in [0.4, 0.5) is 15.9 Å². The zero-order chi connectivity index (χ0) is 24.6. The number of nitrogens with one attached hydrogen (secondary N) is 1. The lowest BCUT2D eigenvalue weighted by molar-refractivity contribution is 0.0937. The molecule has 0 unspecified atom stereocenters. The molecule has 184 valence electrons. The van der Waals surface area contributed by atoms with E-state index in [1.807, 2.05) is 29.2 Å². The Morgan fingerprint density at radius 3 is 2.51 bits per heavy atom. The molecule has 1 N–H and O–H groups in total. The van der Waals surface area contributed by atoms with E-state index < -0.39 is 0 Å². The summed E-state index contributed by atoms with van der Waals surface area (Å²) in [4.78, 5) is 25.4. The van der Waals surface area contributed by atoms with Gasteiger partial charge in [-0.15, -0.1) is 0 Å². The highest BCUT2D eigenvalue weighted by Crippen LogP contribution is 2.27. The lowest BCUT2D eigenvalue weighted by Gasteiger charge is -2.36. The number of carbonyl (C=O) groups is 1. The lowest BCUT2D eigenvalue weighted by atomic mass is 10.1. The van der Waals surface area contributed by atoms with Crippen LogP contribution in [0.25, 0.3) is 0 Å². The summed E-state index contributed by atoms with van der Waals surface area (Å²) in [7, 11) is 1.60. The van der Waals surface area contributed by atoms with Crippen molar-refractivity contribution in [1.29, 1.82) is 0 Å². The van der Waals surface area contributed by atoms with E-state index in [0.717, 1.165) is 11.4 Å². The molecule has 10 heteroatoms. The van der Waals surface area contributed by atoms with E-state index in [1.165, 1.54) is 17.8 Å². The maximum Gasteiger partial charge on any atom is 0.251 e. The average molecular weight is 516 g/mol. The van der Waals surface area contributed by atoms with Gasteiger partial charge in [-0.1, -0.05) is 47.6 Å². The summed E-state index contributed by atoms with van der Waals surface area (Å²) in [5.41, 5.74) is 2.28. The standard InChI is InChI=1S/C25H27ClFN5O2S/c1-34-15-10-28-24(33)19-8-6-18(7-9-19)17-35-25-29-22(26)16-23(30-25)32-13-11-31(12-14-32)21-5-3-2-4-20(21)27/h2-9,16H,10-15,17H2,1H3,(H,28,33). The number of nitrogens with zero attached hydrogens (tertiary/aromatic N) is 4. The number of methoxy groups -OCH3 is 1. The fourth-order valence-corrected chi connectivity index (χ4v) is 4.80. The number of rotatable bonds is 9. The zero-order valence-electron chi connectivity index (χ0n) is 19.4. The quantitative estimate of drug-likeness (QED) is 0.197. The van der Waals surface area contributed by atoms with Crippen molar-refractivity contribution in [2.75, 3.05) is 56.2 Å². The van der Waals surface area contributed by atoms with Crippen molar-refractivity contribution in [1.82, 2.24) is 15.3 Å². The molecular formula is C25H27ClFN5O2S. The maximum atomic E-state index is 14.1. The van der Waals surface area contributed by atoms with Crippen LogP contribution in [-0.4, -0.2) is 62.3 Å². The summed E-state index contributed by atoms with van der Waals surface area (Å²) in [5, 5.41) is 3.78. The molecule has 1 aliphatic rings. The van der Waals surface area contributed by atoms with Gasteiger partial charge in [-0.3, -0.25) is 4.79 Å². The molecule has 1 aliphatic heterocycles. The van der Waals surface area contributed by atoms with Crippen molar-refractivity contribution >= 4 is 40.8 Å². The number of para-hydroxylation sites is 1. The molecule has 7 nitrogen and oxygen atoms in total. The predicted octanol–water partition coefficient (Wildman–Crippen LogP) is 4.26. The number of halogens is 2. The largest absolute Gasteiger partial charge is 0.383 e. The smallest absolute Gasteiger partial charge is 0.251 e. The van der Waals surface area contributed by atoms with E-state index >= 15 is 0 Å². The van der Waals surface area contributed by atoms with Crippen LogP contribution in [-0.2, 0) is 10.5 Å². The Kier molecular flexibility index (Phi) is 8.79. The van der Waals surface area contributed by atoms with E-state index in [4.69, 9.17) is 21.3 Å². The second-order valence-corrected chi connectivity index (χ2v) is 9.32. The molecular weight excluding hydrogens is 489 g/mol. The number of hydrogen-bond donors (Lipinski definition) is 1. The highest BCUT2D eigenvalue weighted by molar-refractivity contribution is 7.98. The van der Waals surface area contributed by atoms with Crippen molar-refractivity contribution in [2.45, 2.75) is 10.9 Å². The lowest BCUT2D eigenvalue weighted by Crippen LogP contribution is -2.47. The number of amides is 1. The molecule has 1 aromatic heterocycles. The SMILES string of the molecule is COCCNC(=O)c1ccc(CSc2nc(Cl)cc(N3CCN(c4ccccc4F)CC3)n2)cc1. The van der Waals surface area contributed by atoms with Gasteiger partial charge in [-0.25, -0.2) is 14.4 Å². The monoisotopic (exact) mass is 515 g/mol. The number of benzene rings is 2. The topological polar surface area (TPSA) is 70.6 Å². The van der Waals surface area contributed by atoms with Gasteiger partial charge in [0.15, 0.2) is 5.16 Å². The Bertz CT molecular complexity index is 1140. The third-order valence-electron chi connectivity index (χ3n) is 5.63. The van der Waals surface area contributed by atoms with Crippen molar-refractivity contribution < 1.29 is 13.9 Å². The summed E-state index contributed by atoms with van der Waals surface area (Å²) < 4.78 is 19.1. The van der Waals surface area contributed by atoms with Gasteiger partial charge >= 0.3 is 0 Å². The number of thioether (sulfide) groups is 1. The molecule has 1 amide bonds. The normalized spacial score (nSPS) is 13.7. The van der Waals surface area contributed by atoms with Gasteiger partial charge in [0.25, 0.3) is 5.91 Å². The number of carbonyl (C=O) groups excluding carboxylic acids is 1. The van der Waals surface area contributed by atoms with Crippen LogP contribution in [0.3, 0.4) is 0 Å². The van der Waals surface area contributed by atoms with E-state index in [1.54, 1.807) is 31.4 Å². The minimum Gasteiger partial charge on any atom is -0.383 e. The summed E-state index contributed by atoms with van der Waals surface area (Å²) >= 11 is 7.79.